The van der Waals surface area contributed by atoms with Gasteiger partial charge in [0.1, 0.15) is 16.7 Å². The summed E-state index contributed by atoms with van der Waals surface area (Å²) in [5.41, 5.74) is 2.45. The van der Waals surface area contributed by atoms with Crippen LogP contribution in [0, 0.1) is 0 Å². The van der Waals surface area contributed by atoms with Crippen LogP contribution in [0.15, 0.2) is 102 Å². The molecule has 0 aromatic heterocycles. The molecule has 0 aliphatic rings. The minimum Gasteiger partial charge on any atom is -0.497 e. The van der Waals surface area contributed by atoms with Crippen LogP contribution in [-0.2, 0) is 4.79 Å². The predicted molar refractivity (Wildman–Crippen MR) is 149 cm³/mol. The molecule has 0 saturated carbocycles. The molecule has 4 rings (SSSR count). The van der Waals surface area contributed by atoms with Crippen molar-refractivity contribution < 1.29 is 19.1 Å². The van der Waals surface area contributed by atoms with E-state index in [9.17, 15) is 9.59 Å². The average molecular weight is 533 g/mol. The van der Waals surface area contributed by atoms with Gasteiger partial charge in [0.15, 0.2) is 0 Å². The van der Waals surface area contributed by atoms with Crippen molar-refractivity contribution in [2.75, 3.05) is 24.9 Å². The molecule has 0 saturated heterocycles. The monoisotopic (exact) mass is 532 g/mol. The second kappa shape index (κ2) is 12.3. The maximum absolute atomic E-state index is 13.5. The molecule has 188 valence electrons. The fourth-order valence-electron chi connectivity index (χ4n) is 3.61. The van der Waals surface area contributed by atoms with E-state index in [0.717, 1.165) is 10.5 Å². The molecule has 0 bridgehead atoms. The Morgan fingerprint density at radius 1 is 0.811 bits per heavy atom. The van der Waals surface area contributed by atoms with Crippen LogP contribution in [-0.4, -0.2) is 26.0 Å². The van der Waals surface area contributed by atoms with Gasteiger partial charge in [-0.05, 0) is 66.2 Å². The van der Waals surface area contributed by atoms with E-state index in [1.165, 1.54) is 18.9 Å². The maximum Gasteiger partial charge on any atom is 0.255 e. The van der Waals surface area contributed by atoms with Crippen LogP contribution in [0.25, 0.3) is 0 Å². The average Bonchev–Trinajstić information content (AvgIpc) is 2.92. The zero-order valence-electron chi connectivity index (χ0n) is 20.2. The molecule has 4 aromatic rings. The van der Waals surface area contributed by atoms with Crippen molar-refractivity contribution in [2.24, 2.45) is 0 Å². The van der Waals surface area contributed by atoms with Crippen LogP contribution in [0.5, 0.6) is 11.5 Å². The Kier molecular flexibility index (Phi) is 8.72. The zero-order chi connectivity index (χ0) is 26.2. The summed E-state index contributed by atoms with van der Waals surface area (Å²) >= 11 is 7.52. The minimum atomic E-state index is -0.572. The maximum atomic E-state index is 13.5. The molecule has 2 N–H and O–H groups in total. The predicted octanol–water partition coefficient (Wildman–Crippen LogP) is 7.08. The van der Waals surface area contributed by atoms with Gasteiger partial charge in [0.2, 0.25) is 5.91 Å². The number of rotatable bonds is 9. The van der Waals surface area contributed by atoms with Gasteiger partial charge in [-0.1, -0.05) is 48.0 Å². The van der Waals surface area contributed by atoms with Crippen molar-refractivity contribution >= 4 is 46.6 Å². The van der Waals surface area contributed by atoms with Gasteiger partial charge in [0.05, 0.1) is 19.9 Å². The van der Waals surface area contributed by atoms with Gasteiger partial charge in [-0.2, -0.15) is 0 Å². The number of halogens is 1. The molecule has 0 heterocycles. The molecule has 8 heteroatoms. The summed E-state index contributed by atoms with van der Waals surface area (Å²) in [5.74, 6) is 0.716. The summed E-state index contributed by atoms with van der Waals surface area (Å²) in [6, 6.07) is 28.8. The number of nitrogens with one attached hydrogen (secondary N) is 2. The molecule has 1 unspecified atom stereocenters. The highest BCUT2D eigenvalue weighted by molar-refractivity contribution is 8.00. The molecule has 1 atom stereocenters. The van der Waals surface area contributed by atoms with E-state index in [1.807, 2.05) is 48.5 Å². The Morgan fingerprint density at radius 2 is 1.57 bits per heavy atom. The third kappa shape index (κ3) is 6.84. The fourth-order valence-corrected chi connectivity index (χ4v) is 4.86. The number of ether oxygens (including phenoxy) is 2. The van der Waals surface area contributed by atoms with Crippen molar-refractivity contribution in [1.82, 2.24) is 0 Å². The molecule has 0 fully saturated rings. The quantitative estimate of drug-likeness (QED) is 0.225. The number of hydrogen-bond donors (Lipinski definition) is 2. The lowest BCUT2D eigenvalue weighted by molar-refractivity contribution is -0.115. The first-order chi connectivity index (χ1) is 18.0. The van der Waals surface area contributed by atoms with Crippen molar-refractivity contribution in [3.63, 3.8) is 0 Å². The SMILES string of the molecule is COc1ccc(C(=O)Nc2cccc(SC(C(=O)Nc3cc(Cl)ccc3OC)c3ccccc3)c2)cc1. The van der Waals surface area contributed by atoms with E-state index in [1.54, 1.807) is 55.6 Å². The van der Waals surface area contributed by atoms with E-state index in [0.29, 0.717) is 33.5 Å². The van der Waals surface area contributed by atoms with Gasteiger partial charge in [0, 0.05) is 21.2 Å². The fraction of sp³-hybridized carbons (Fsp3) is 0.103. The molecule has 0 aliphatic heterocycles. The number of methoxy groups -OCH3 is 2. The summed E-state index contributed by atoms with van der Waals surface area (Å²) in [6.07, 6.45) is 0. The molecule has 0 radical (unpaired) electrons. The lowest BCUT2D eigenvalue weighted by Gasteiger charge is -2.19. The standard InChI is InChI=1S/C29H25ClN2O4S/c1-35-23-14-11-20(12-15-23)28(33)31-22-9-6-10-24(18-22)37-27(19-7-4-3-5-8-19)29(34)32-25-17-21(30)13-16-26(25)36-2/h3-18,27H,1-2H3,(H,31,33)(H,32,34). The molecule has 4 aromatic carbocycles. The van der Waals surface area contributed by atoms with Gasteiger partial charge in [-0.3, -0.25) is 9.59 Å². The Balaban J connectivity index is 1.55. The summed E-state index contributed by atoms with van der Waals surface area (Å²) in [4.78, 5) is 27.0. The second-order valence-electron chi connectivity index (χ2n) is 7.95. The highest BCUT2D eigenvalue weighted by Crippen LogP contribution is 2.38. The summed E-state index contributed by atoms with van der Waals surface area (Å²) in [5, 5.41) is 5.78. The number of anilines is 2. The van der Waals surface area contributed by atoms with Crippen LogP contribution in [0.2, 0.25) is 5.02 Å². The first-order valence-corrected chi connectivity index (χ1v) is 12.6. The molecular weight excluding hydrogens is 508 g/mol. The minimum absolute atomic E-state index is 0.232. The number of amides is 2. The Labute approximate surface area is 225 Å². The lowest BCUT2D eigenvalue weighted by atomic mass is 10.1. The molecule has 6 nitrogen and oxygen atoms in total. The van der Waals surface area contributed by atoms with Gasteiger partial charge >= 0.3 is 0 Å². The largest absolute Gasteiger partial charge is 0.497 e. The highest BCUT2D eigenvalue weighted by atomic mass is 35.5. The van der Waals surface area contributed by atoms with Crippen molar-refractivity contribution in [1.29, 1.82) is 0 Å². The van der Waals surface area contributed by atoms with Gasteiger partial charge < -0.3 is 20.1 Å². The Morgan fingerprint density at radius 3 is 2.27 bits per heavy atom. The van der Waals surface area contributed by atoms with Crippen LogP contribution in [0.3, 0.4) is 0 Å². The molecule has 0 aliphatic carbocycles. The zero-order valence-corrected chi connectivity index (χ0v) is 21.8. The van der Waals surface area contributed by atoms with Crippen LogP contribution in [0.4, 0.5) is 11.4 Å². The van der Waals surface area contributed by atoms with Crippen LogP contribution < -0.4 is 20.1 Å². The molecule has 37 heavy (non-hydrogen) atoms. The highest BCUT2D eigenvalue weighted by Gasteiger charge is 2.23. The summed E-state index contributed by atoms with van der Waals surface area (Å²) in [6.45, 7) is 0. The topological polar surface area (TPSA) is 76.7 Å². The number of benzene rings is 4. The third-order valence-electron chi connectivity index (χ3n) is 5.46. The summed E-state index contributed by atoms with van der Waals surface area (Å²) < 4.78 is 10.5. The van der Waals surface area contributed by atoms with Crippen molar-refractivity contribution in [3.05, 3.63) is 113 Å². The molecular formula is C29H25ClN2O4S. The van der Waals surface area contributed by atoms with E-state index < -0.39 is 5.25 Å². The van der Waals surface area contributed by atoms with Gasteiger partial charge in [0.25, 0.3) is 5.91 Å². The number of carbonyl (C=O) groups is 2. The number of hydrogen-bond acceptors (Lipinski definition) is 5. The van der Waals surface area contributed by atoms with E-state index in [2.05, 4.69) is 10.6 Å². The van der Waals surface area contributed by atoms with Crippen LogP contribution >= 0.6 is 23.4 Å². The Bertz CT molecular complexity index is 1380. The molecule has 0 spiro atoms. The van der Waals surface area contributed by atoms with Crippen LogP contribution in [0.1, 0.15) is 21.2 Å². The van der Waals surface area contributed by atoms with Gasteiger partial charge in [-0.25, -0.2) is 0 Å². The lowest BCUT2D eigenvalue weighted by Crippen LogP contribution is -2.19. The molecule has 2 amide bonds. The summed E-state index contributed by atoms with van der Waals surface area (Å²) in [7, 11) is 3.11. The van der Waals surface area contributed by atoms with Gasteiger partial charge in [-0.15, -0.1) is 11.8 Å². The normalized spacial score (nSPS) is 11.3. The second-order valence-corrected chi connectivity index (χ2v) is 9.57. The first-order valence-electron chi connectivity index (χ1n) is 11.4. The van der Waals surface area contributed by atoms with E-state index >= 15 is 0 Å². The number of carbonyl (C=O) groups excluding carboxylic acids is 2. The van der Waals surface area contributed by atoms with Crippen molar-refractivity contribution in [3.8, 4) is 11.5 Å². The van der Waals surface area contributed by atoms with E-state index in [4.69, 9.17) is 21.1 Å². The third-order valence-corrected chi connectivity index (χ3v) is 6.94. The number of thioether (sulfide) groups is 1. The first kappa shape index (κ1) is 26.1. The van der Waals surface area contributed by atoms with Crippen molar-refractivity contribution in [2.45, 2.75) is 10.1 Å². The Hall–Kier alpha value is -3.94. The van der Waals surface area contributed by atoms with E-state index in [-0.39, 0.29) is 11.8 Å². The smallest absolute Gasteiger partial charge is 0.255 e.